The van der Waals surface area contributed by atoms with E-state index in [1.807, 2.05) is 6.92 Å². The van der Waals surface area contributed by atoms with Crippen LogP contribution >= 0.6 is 23.2 Å². The van der Waals surface area contributed by atoms with Gasteiger partial charge in [0, 0.05) is 36.1 Å². The number of nitrogens with zero attached hydrogens (tertiary/aromatic N) is 1. The van der Waals surface area contributed by atoms with Crippen LogP contribution < -0.4 is 5.32 Å². The third kappa shape index (κ3) is 4.28. The van der Waals surface area contributed by atoms with E-state index in [9.17, 15) is 9.90 Å². The fraction of sp³-hybridized carbons (Fsp3) is 0.562. The van der Waals surface area contributed by atoms with Crippen molar-refractivity contribution in [2.75, 3.05) is 20.1 Å². The Hall–Kier alpha value is -0.970. The Kier molecular flexibility index (Phi) is 5.95. The smallest absolute Gasteiger partial charge is 0.317 e. The summed E-state index contributed by atoms with van der Waals surface area (Å²) in [5.74, 6) is 0.435. The number of carbonyl (C=O) groups is 1. The van der Waals surface area contributed by atoms with Gasteiger partial charge in [-0.15, -0.1) is 0 Å². The van der Waals surface area contributed by atoms with Crippen LogP contribution in [-0.4, -0.2) is 42.3 Å². The quantitative estimate of drug-likeness (QED) is 0.858. The molecule has 0 radical (unpaired) electrons. The van der Waals surface area contributed by atoms with Gasteiger partial charge in [0.25, 0.3) is 0 Å². The lowest BCUT2D eigenvalue weighted by Gasteiger charge is -2.34. The van der Waals surface area contributed by atoms with E-state index in [0.29, 0.717) is 29.1 Å². The van der Waals surface area contributed by atoms with Gasteiger partial charge in [-0.1, -0.05) is 36.2 Å². The largest absolute Gasteiger partial charge is 0.393 e. The molecule has 1 aromatic rings. The molecule has 1 atom stereocenters. The first-order valence-electron chi connectivity index (χ1n) is 7.49. The van der Waals surface area contributed by atoms with Crippen molar-refractivity contribution in [3.8, 4) is 0 Å². The van der Waals surface area contributed by atoms with Crippen LogP contribution in [0.5, 0.6) is 0 Å². The highest BCUT2D eigenvalue weighted by Gasteiger charge is 2.29. The van der Waals surface area contributed by atoms with Crippen LogP contribution in [0.25, 0.3) is 0 Å². The Balaban J connectivity index is 1.82. The molecule has 1 saturated carbocycles. The number of aliphatic hydroxyl groups excluding tert-OH is 1. The molecule has 22 heavy (non-hydrogen) atoms. The minimum atomic E-state index is -0.191. The van der Waals surface area contributed by atoms with Crippen LogP contribution in [0.1, 0.15) is 31.2 Å². The van der Waals surface area contributed by atoms with Crippen LogP contribution in [-0.2, 0) is 0 Å². The number of aliphatic hydroxyl groups is 1. The Morgan fingerprint density at radius 2 is 2.00 bits per heavy atom. The van der Waals surface area contributed by atoms with E-state index in [0.717, 1.165) is 18.4 Å². The Bertz CT molecular complexity index is 513. The molecular formula is C16H22Cl2N2O2. The van der Waals surface area contributed by atoms with Crippen LogP contribution in [0.4, 0.5) is 4.79 Å². The maximum atomic E-state index is 12.1. The Morgan fingerprint density at radius 3 is 2.55 bits per heavy atom. The van der Waals surface area contributed by atoms with Gasteiger partial charge in [-0.05, 0) is 36.5 Å². The first-order valence-corrected chi connectivity index (χ1v) is 8.25. The van der Waals surface area contributed by atoms with Gasteiger partial charge < -0.3 is 15.3 Å². The normalized spacial score (nSPS) is 21.9. The van der Waals surface area contributed by atoms with E-state index < -0.39 is 0 Å². The predicted molar refractivity (Wildman–Crippen MR) is 89.6 cm³/mol. The first-order chi connectivity index (χ1) is 10.4. The average Bonchev–Trinajstić information content (AvgIpc) is 2.42. The van der Waals surface area contributed by atoms with Crippen LogP contribution in [0.15, 0.2) is 18.2 Å². The zero-order valence-electron chi connectivity index (χ0n) is 12.9. The van der Waals surface area contributed by atoms with Gasteiger partial charge in [0.15, 0.2) is 0 Å². The molecule has 0 heterocycles. The number of hydrogen-bond acceptors (Lipinski definition) is 2. The van der Waals surface area contributed by atoms with Crippen LogP contribution in [0.3, 0.4) is 0 Å². The fourth-order valence-corrected chi connectivity index (χ4v) is 3.55. The highest BCUT2D eigenvalue weighted by Crippen LogP contribution is 2.31. The minimum absolute atomic E-state index is 0.0316. The van der Waals surface area contributed by atoms with Gasteiger partial charge in [0.05, 0.1) is 6.10 Å². The van der Waals surface area contributed by atoms with Gasteiger partial charge in [-0.2, -0.15) is 0 Å². The van der Waals surface area contributed by atoms with E-state index in [4.69, 9.17) is 23.2 Å². The molecule has 6 heteroatoms. The molecule has 0 aliphatic heterocycles. The fourth-order valence-electron chi connectivity index (χ4n) is 2.78. The van der Waals surface area contributed by atoms with E-state index in [1.54, 1.807) is 30.1 Å². The summed E-state index contributed by atoms with van der Waals surface area (Å²) in [6.45, 7) is 3.12. The van der Waals surface area contributed by atoms with Crippen molar-refractivity contribution in [2.45, 2.75) is 31.8 Å². The van der Waals surface area contributed by atoms with Gasteiger partial charge in [-0.3, -0.25) is 0 Å². The number of urea groups is 1. The number of nitrogens with one attached hydrogen (secondary N) is 1. The minimum Gasteiger partial charge on any atom is -0.393 e. The van der Waals surface area contributed by atoms with Crippen LogP contribution in [0.2, 0.25) is 10.0 Å². The van der Waals surface area contributed by atoms with E-state index in [-0.39, 0.29) is 18.1 Å². The maximum Gasteiger partial charge on any atom is 0.317 e. The molecule has 0 unspecified atom stereocenters. The van der Waals surface area contributed by atoms with Crippen molar-refractivity contribution in [1.29, 1.82) is 0 Å². The molecule has 1 aliphatic carbocycles. The summed E-state index contributed by atoms with van der Waals surface area (Å²) >= 11 is 12.4. The summed E-state index contributed by atoms with van der Waals surface area (Å²) in [5, 5.41) is 13.4. The van der Waals surface area contributed by atoms with Crippen molar-refractivity contribution in [3.05, 3.63) is 33.8 Å². The second kappa shape index (κ2) is 7.53. The van der Waals surface area contributed by atoms with Crippen molar-refractivity contribution in [2.24, 2.45) is 5.92 Å². The lowest BCUT2D eigenvalue weighted by molar-refractivity contribution is 0.0325. The van der Waals surface area contributed by atoms with Crippen LogP contribution in [0, 0.1) is 5.92 Å². The standard InChI is InChI=1S/C16H22Cl2N2O2/c1-10(15-13(17)4-3-5-14(15)18)8-19-16(22)20(2)9-11-6-12(21)7-11/h3-5,10-12,21H,6-9H2,1-2H3,(H,19,22)/t10-,11?,12?/m0/s1. The molecule has 122 valence electrons. The summed E-state index contributed by atoms with van der Waals surface area (Å²) < 4.78 is 0. The molecule has 0 saturated heterocycles. The highest BCUT2D eigenvalue weighted by molar-refractivity contribution is 6.36. The molecule has 2 amide bonds. The van der Waals surface area contributed by atoms with Gasteiger partial charge in [0.2, 0.25) is 0 Å². The van der Waals surface area contributed by atoms with Crippen molar-refractivity contribution < 1.29 is 9.90 Å². The van der Waals surface area contributed by atoms with E-state index in [1.165, 1.54) is 0 Å². The Morgan fingerprint density at radius 1 is 1.41 bits per heavy atom. The van der Waals surface area contributed by atoms with Gasteiger partial charge in [0.1, 0.15) is 0 Å². The second-order valence-electron chi connectivity index (χ2n) is 6.09. The van der Waals surface area contributed by atoms with E-state index in [2.05, 4.69) is 5.32 Å². The number of rotatable bonds is 5. The number of carbonyl (C=O) groups excluding carboxylic acids is 1. The molecule has 4 nitrogen and oxygen atoms in total. The lowest BCUT2D eigenvalue weighted by atomic mass is 9.82. The van der Waals surface area contributed by atoms with Gasteiger partial charge >= 0.3 is 6.03 Å². The number of halogens is 2. The van der Waals surface area contributed by atoms with E-state index >= 15 is 0 Å². The monoisotopic (exact) mass is 344 g/mol. The molecule has 2 rings (SSSR count). The third-order valence-corrected chi connectivity index (χ3v) is 4.80. The molecule has 0 bridgehead atoms. The van der Waals surface area contributed by atoms with Crippen molar-refractivity contribution >= 4 is 29.2 Å². The third-order valence-electron chi connectivity index (χ3n) is 4.14. The average molecular weight is 345 g/mol. The molecule has 1 aliphatic rings. The number of benzene rings is 1. The highest BCUT2D eigenvalue weighted by atomic mass is 35.5. The summed E-state index contributed by atoms with van der Waals surface area (Å²) in [5.41, 5.74) is 0.857. The molecule has 0 spiro atoms. The molecule has 2 N–H and O–H groups in total. The molecule has 1 fully saturated rings. The zero-order chi connectivity index (χ0) is 16.3. The summed E-state index contributed by atoms with van der Waals surface area (Å²) in [6, 6.07) is 5.29. The first kappa shape index (κ1) is 17.4. The number of amides is 2. The molecular weight excluding hydrogens is 323 g/mol. The number of hydrogen-bond donors (Lipinski definition) is 2. The van der Waals surface area contributed by atoms with Crippen molar-refractivity contribution in [1.82, 2.24) is 10.2 Å². The Labute approximate surface area is 141 Å². The molecule has 0 aromatic heterocycles. The lowest BCUT2D eigenvalue weighted by Crippen LogP contribution is -2.44. The summed E-state index contributed by atoms with van der Waals surface area (Å²) in [7, 11) is 1.77. The SMILES string of the molecule is C[C@@H](CNC(=O)N(C)CC1CC(O)C1)c1c(Cl)cccc1Cl. The topological polar surface area (TPSA) is 52.6 Å². The second-order valence-corrected chi connectivity index (χ2v) is 6.91. The maximum absolute atomic E-state index is 12.1. The summed E-state index contributed by atoms with van der Waals surface area (Å²) in [4.78, 5) is 13.8. The molecule has 1 aromatic carbocycles. The zero-order valence-corrected chi connectivity index (χ0v) is 14.4. The van der Waals surface area contributed by atoms with Gasteiger partial charge in [-0.25, -0.2) is 4.79 Å². The summed E-state index contributed by atoms with van der Waals surface area (Å²) in [6.07, 6.45) is 1.37. The predicted octanol–water partition coefficient (Wildman–Crippen LogP) is 3.51. The van der Waals surface area contributed by atoms with Crippen molar-refractivity contribution in [3.63, 3.8) is 0 Å².